The Kier molecular flexibility index (Phi) is 17.5. The largest absolute Gasteiger partial charge is 0.0533 e. The Bertz CT molecular complexity index is 2630. The van der Waals surface area contributed by atoms with Crippen LogP contribution in [0, 0.1) is 0 Å². The number of hydrogen-bond donors (Lipinski definition) is 0. The van der Waals surface area contributed by atoms with E-state index < -0.39 is 0 Å². The fraction of sp³-hybridized carbons (Fsp3) is 0.756. The molecule has 10 fully saturated rings. The second-order valence-electron chi connectivity index (χ2n) is 31.7. The van der Waals surface area contributed by atoms with E-state index in [1.165, 1.54) is 334 Å². The molecule has 15 rings (SSSR count). The maximum atomic E-state index is 3.17. The van der Waals surface area contributed by atoms with Crippen molar-refractivity contribution < 1.29 is 0 Å². The zero-order valence-electron chi connectivity index (χ0n) is 52.7. The van der Waals surface area contributed by atoms with Crippen molar-refractivity contribution in [1.29, 1.82) is 0 Å². The molecule has 4 aromatic carbocycles. The molecular weight excluding hydrogens is 985 g/mol. The molecule has 0 N–H and O–H groups in total. The SMILES string of the molecule is c1c2c(C3CCCCC3)c3c(c(C4CCCCC4)c2cc2c(C4CCCCC4)c(C4CCCCC4)c(C4CCCCC4)c(C4CCCCC4)c12)Cc1c(c(C2CCCCC2)c(C2CCCCC2)c(C2CCCCC2)c1C1CCCCC1)C3. The second kappa shape index (κ2) is 25.6. The van der Waals surface area contributed by atoms with E-state index in [-0.39, 0.29) is 0 Å². The Hall–Kier alpha value is -2.60. The Morgan fingerprint density at radius 3 is 0.512 bits per heavy atom. The first-order valence-electron chi connectivity index (χ1n) is 38.1. The van der Waals surface area contributed by atoms with E-state index in [0.717, 1.165) is 59.2 Å². The highest BCUT2D eigenvalue weighted by atomic mass is 14.5. The van der Waals surface area contributed by atoms with Crippen LogP contribution in [0.25, 0.3) is 21.5 Å². The number of rotatable bonds is 10. The molecule has 0 atom stereocenters. The Balaban J connectivity index is 1.07. The van der Waals surface area contributed by atoms with Gasteiger partial charge in [0.15, 0.2) is 0 Å². The van der Waals surface area contributed by atoms with Crippen molar-refractivity contribution in [2.75, 3.05) is 0 Å². The van der Waals surface area contributed by atoms with Crippen molar-refractivity contribution in [2.45, 2.75) is 393 Å². The first-order valence-corrected chi connectivity index (χ1v) is 38.1. The molecule has 0 nitrogen and oxygen atoms in total. The van der Waals surface area contributed by atoms with Gasteiger partial charge in [-0.05, 0) is 312 Å². The van der Waals surface area contributed by atoms with Gasteiger partial charge in [-0.3, -0.25) is 0 Å². The predicted molar refractivity (Wildman–Crippen MR) is 352 cm³/mol. The molecule has 0 saturated heterocycles. The van der Waals surface area contributed by atoms with Gasteiger partial charge in [0, 0.05) is 0 Å². The second-order valence-corrected chi connectivity index (χ2v) is 31.7. The Labute approximate surface area is 501 Å². The molecule has 11 aliphatic rings. The zero-order valence-corrected chi connectivity index (χ0v) is 52.7. The van der Waals surface area contributed by atoms with Gasteiger partial charge < -0.3 is 0 Å². The van der Waals surface area contributed by atoms with Crippen LogP contribution < -0.4 is 0 Å². The number of benzene rings is 4. The first kappa shape index (κ1) is 55.9. The van der Waals surface area contributed by atoms with E-state index in [9.17, 15) is 0 Å². The Morgan fingerprint density at radius 2 is 0.293 bits per heavy atom. The third-order valence-corrected chi connectivity index (χ3v) is 26.9. The first-order chi connectivity index (χ1) is 40.8. The van der Waals surface area contributed by atoms with E-state index in [0.29, 0.717) is 0 Å². The fourth-order valence-electron chi connectivity index (χ4n) is 23.2. The molecule has 0 aliphatic heterocycles. The maximum Gasteiger partial charge on any atom is -0.00139 e. The molecule has 0 amide bonds. The van der Waals surface area contributed by atoms with Crippen molar-refractivity contribution in [1.82, 2.24) is 0 Å². The summed E-state index contributed by atoms with van der Waals surface area (Å²) in [5.41, 5.74) is 28.2. The molecule has 82 heavy (non-hydrogen) atoms. The maximum absolute atomic E-state index is 3.17. The molecule has 444 valence electrons. The van der Waals surface area contributed by atoms with Gasteiger partial charge in [-0.2, -0.15) is 0 Å². The molecule has 10 saturated carbocycles. The highest BCUT2D eigenvalue weighted by Crippen LogP contribution is 2.60. The van der Waals surface area contributed by atoms with Gasteiger partial charge in [0.25, 0.3) is 0 Å². The molecule has 0 unspecified atom stereocenters. The van der Waals surface area contributed by atoms with E-state index in [4.69, 9.17) is 0 Å². The summed E-state index contributed by atoms with van der Waals surface area (Å²) in [5.74, 6) is 7.71. The van der Waals surface area contributed by atoms with Gasteiger partial charge in [-0.15, -0.1) is 0 Å². The van der Waals surface area contributed by atoms with Crippen LogP contribution in [0.2, 0.25) is 0 Å². The molecule has 0 radical (unpaired) electrons. The minimum Gasteiger partial charge on any atom is -0.0533 e. The molecular formula is C82H116. The van der Waals surface area contributed by atoms with Gasteiger partial charge in [0.1, 0.15) is 0 Å². The lowest BCUT2D eigenvalue weighted by Gasteiger charge is -2.43. The van der Waals surface area contributed by atoms with Gasteiger partial charge in [0.2, 0.25) is 0 Å². The third-order valence-electron chi connectivity index (χ3n) is 26.9. The van der Waals surface area contributed by atoms with Crippen LogP contribution in [0.4, 0.5) is 0 Å². The summed E-state index contributed by atoms with van der Waals surface area (Å²) in [6.45, 7) is 0. The van der Waals surface area contributed by atoms with Crippen LogP contribution in [0.15, 0.2) is 12.1 Å². The summed E-state index contributed by atoms with van der Waals surface area (Å²) in [5, 5.41) is 7.38. The normalized spacial score (nSPS) is 26.0. The molecule has 11 aliphatic carbocycles. The smallest absolute Gasteiger partial charge is 0.00139 e. The highest BCUT2D eigenvalue weighted by molar-refractivity contribution is 6.06. The fourth-order valence-corrected chi connectivity index (χ4v) is 23.2. The van der Waals surface area contributed by atoms with Crippen LogP contribution in [0.1, 0.15) is 458 Å². The lowest BCUT2D eigenvalue weighted by molar-refractivity contribution is 0.391. The topological polar surface area (TPSA) is 0 Å². The summed E-state index contributed by atoms with van der Waals surface area (Å²) < 4.78 is 0. The van der Waals surface area contributed by atoms with Crippen molar-refractivity contribution in [3.05, 3.63) is 90.0 Å². The Morgan fingerprint density at radius 1 is 0.146 bits per heavy atom. The molecule has 0 aromatic heterocycles. The van der Waals surface area contributed by atoms with Gasteiger partial charge in [-0.25, -0.2) is 0 Å². The van der Waals surface area contributed by atoms with Crippen LogP contribution in [-0.2, 0) is 12.8 Å². The van der Waals surface area contributed by atoms with E-state index in [2.05, 4.69) is 34.4 Å². The van der Waals surface area contributed by atoms with E-state index in [1.807, 2.05) is 77.2 Å². The van der Waals surface area contributed by atoms with E-state index in [1.54, 1.807) is 0 Å². The van der Waals surface area contributed by atoms with Gasteiger partial charge in [-0.1, -0.05) is 193 Å². The van der Waals surface area contributed by atoms with Crippen molar-refractivity contribution in [3.8, 4) is 0 Å². The summed E-state index contributed by atoms with van der Waals surface area (Å²) in [6.07, 6.45) is 75.7. The molecule has 0 spiro atoms. The summed E-state index contributed by atoms with van der Waals surface area (Å²) in [6, 6.07) is 6.33. The monoisotopic (exact) mass is 1100 g/mol. The summed E-state index contributed by atoms with van der Waals surface area (Å²) >= 11 is 0. The standard InChI is InChI=1S/C82H116/c1-11-31-55(32-12-1)73-65-51-69-71(77(59-39-19-5-20-40-59)81(63-47-27-9-28-48-63)79(61-43-23-7-24-44-61)75(69)57-35-15-3-16-36-57)53-67(65)74(56-33-13-2-14-34-56)68-54-72-70(52-66(68)73)76(58-37-17-4-18-38-58)80(62-45-25-8-26-46-62)82(64-49-29-10-30-50-64)78(72)60-41-21-6-22-42-60/h51,53,55-64H,1-50,52,54H2. The molecule has 0 bridgehead atoms. The zero-order chi connectivity index (χ0) is 54.3. The quantitative estimate of drug-likeness (QED) is 0.122. The number of hydrogen-bond acceptors (Lipinski definition) is 0. The van der Waals surface area contributed by atoms with Crippen LogP contribution >= 0.6 is 0 Å². The third kappa shape index (κ3) is 10.7. The highest BCUT2D eigenvalue weighted by Gasteiger charge is 2.43. The van der Waals surface area contributed by atoms with E-state index >= 15 is 0 Å². The summed E-state index contributed by atoms with van der Waals surface area (Å²) in [7, 11) is 0. The number of fused-ring (bicyclic) bond motifs is 4. The lowest BCUT2D eigenvalue weighted by atomic mass is 9.61. The predicted octanol–water partition coefficient (Wildman–Crippen LogP) is 26.0. The van der Waals surface area contributed by atoms with Gasteiger partial charge in [0.05, 0.1) is 0 Å². The van der Waals surface area contributed by atoms with Crippen molar-refractivity contribution >= 4 is 21.5 Å². The van der Waals surface area contributed by atoms with Crippen molar-refractivity contribution in [2.24, 2.45) is 0 Å². The average Bonchev–Trinajstić information content (AvgIpc) is 2.68. The van der Waals surface area contributed by atoms with Crippen LogP contribution in [0.3, 0.4) is 0 Å². The van der Waals surface area contributed by atoms with Crippen LogP contribution in [0.5, 0.6) is 0 Å². The van der Waals surface area contributed by atoms with Crippen molar-refractivity contribution in [3.63, 3.8) is 0 Å². The summed E-state index contributed by atoms with van der Waals surface area (Å²) in [4.78, 5) is 0. The van der Waals surface area contributed by atoms with Crippen LogP contribution in [-0.4, -0.2) is 0 Å². The minimum atomic E-state index is 0.718. The van der Waals surface area contributed by atoms with Gasteiger partial charge >= 0.3 is 0 Å². The minimum absolute atomic E-state index is 0.718. The molecule has 0 heterocycles. The molecule has 0 heteroatoms. The lowest BCUT2D eigenvalue weighted by Crippen LogP contribution is -2.28. The average molecular weight is 1100 g/mol. The molecule has 4 aromatic rings.